The van der Waals surface area contributed by atoms with Crippen LogP contribution in [0.1, 0.15) is 23.8 Å². The number of ether oxygens (including phenoxy) is 1. The number of nitrogens with one attached hydrogen (secondary N) is 1. The third-order valence-electron chi connectivity index (χ3n) is 3.24. The van der Waals surface area contributed by atoms with Crippen LogP contribution in [0.3, 0.4) is 0 Å². The number of aryl methyl sites for hydroxylation is 1. The van der Waals surface area contributed by atoms with E-state index < -0.39 is 6.10 Å². The van der Waals surface area contributed by atoms with Crippen molar-refractivity contribution >= 4 is 5.91 Å². The van der Waals surface area contributed by atoms with Gasteiger partial charge in [0.15, 0.2) is 6.10 Å². The summed E-state index contributed by atoms with van der Waals surface area (Å²) in [6, 6.07) is 9.42. The number of rotatable bonds is 5. The van der Waals surface area contributed by atoms with Crippen LogP contribution in [0.4, 0.5) is 0 Å². The van der Waals surface area contributed by atoms with Gasteiger partial charge in [0.2, 0.25) is 0 Å². The molecule has 2 rings (SSSR count). The molecule has 1 N–H and O–H groups in total. The number of amides is 1. The van der Waals surface area contributed by atoms with Crippen LogP contribution in [0.25, 0.3) is 0 Å². The molecule has 0 spiro atoms. The minimum atomic E-state index is -0.550. The molecule has 0 saturated carbocycles. The Kier molecular flexibility index (Phi) is 4.45. The van der Waals surface area contributed by atoms with E-state index in [9.17, 15) is 4.79 Å². The minimum absolute atomic E-state index is 0.165. The molecule has 0 aliphatic carbocycles. The first-order valence-corrected chi connectivity index (χ1v) is 6.61. The maximum absolute atomic E-state index is 12.0. The molecule has 0 radical (unpaired) electrons. The van der Waals surface area contributed by atoms with Gasteiger partial charge < -0.3 is 14.5 Å². The molecule has 1 aromatic heterocycles. The summed E-state index contributed by atoms with van der Waals surface area (Å²) in [7, 11) is 0. The minimum Gasteiger partial charge on any atom is -0.481 e. The molecule has 106 valence electrons. The van der Waals surface area contributed by atoms with Crippen molar-refractivity contribution in [2.24, 2.45) is 0 Å². The molecule has 0 saturated heterocycles. The highest BCUT2D eigenvalue weighted by Crippen LogP contribution is 2.21. The third-order valence-corrected chi connectivity index (χ3v) is 3.24. The molecule has 0 unspecified atom stereocenters. The Hall–Kier alpha value is -2.23. The van der Waals surface area contributed by atoms with Gasteiger partial charge >= 0.3 is 0 Å². The van der Waals surface area contributed by atoms with Crippen molar-refractivity contribution in [2.45, 2.75) is 33.4 Å². The average molecular weight is 273 g/mol. The summed E-state index contributed by atoms with van der Waals surface area (Å²) in [5, 5.41) is 2.78. The van der Waals surface area contributed by atoms with Crippen LogP contribution in [-0.4, -0.2) is 12.0 Å². The normalized spacial score (nSPS) is 11.9. The maximum Gasteiger partial charge on any atom is 0.261 e. The molecule has 4 nitrogen and oxygen atoms in total. The Labute approximate surface area is 118 Å². The second-order valence-electron chi connectivity index (χ2n) is 4.76. The van der Waals surface area contributed by atoms with Gasteiger partial charge in [-0.05, 0) is 50.1 Å². The Morgan fingerprint density at radius 2 is 2.10 bits per heavy atom. The lowest BCUT2D eigenvalue weighted by Gasteiger charge is -2.16. The second-order valence-corrected chi connectivity index (χ2v) is 4.76. The molecule has 1 heterocycles. The van der Waals surface area contributed by atoms with E-state index in [4.69, 9.17) is 9.15 Å². The molecule has 0 bridgehead atoms. The van der Waals surface area contributed by atoms with Crippen molar-refractivity contribution in [3.05, 3.63) is 53.5 Å². The molecule has 4 heteroatoms. The fourth-order valence-electron chi connectivity index (χ4n) is 1.83. The Balaban J connectivity index is 1.92. The third kappa shape index (κ3) is 3.41. The fourth-order valence-corrected chi connectivity index (χ4v) is 1.83. The lowest BCUT2D eigenvalue weighted by atomic mass is 10.1. The lowest BCUT2D eigenvalue weighted by molar-refractivity contribution is -0.127. The quantitative estimate of drug-likeness (QED) is 0.911. The predicted octanol–water partition coefficient (Wildman–Crippen LogP) is 2.98. The summed E-state index contributed by atoms with van der Waals surface area (Å²) >= 11 is 0. The number of carbonyl (C=O) groups excluding carboxylic acids is 1. The van der Waals surface area contributed by atoms with Gasteiger partial charge in [-0.1, -0.05) is 12.1 Å². The van der Waals surface area contributed by atoms with Gasteiger partial charge in [0.25, 0.3) is 5.91 Å². The topological polar surface area (TPSA) is 51.5 Å². The summed E-state index contributed by atoms with van der Waals surface area (Å²) < 4.78 is 10.9. The second kappa shape index (κ2) is 6.28. The van der Waals surface area contributed by atoms with Crippen LogP contribution in [0.5, 0.6) is 5.75 Å². The van der Waals surface area contributed by atoms with Crippen molar-refractivity contribution in [3.63, 3.8) is 0 Å². The molecule has 0 aliphatic heterocycles. The Morgan fingerprint density at radius 1 is 1.30 bits per heavy atom. The van der Waals surface area contributed by atoms with Gasteiger partial charge in [0.1, 0.15) is 11.5 Å². The summed E-state index contributed by atoms with van der Waals surface area (Å²) in [5.74, 6) is 1.30. The Morgan fingerprint density at radius 3 is 2.80 bits per heavy atom. The number of hydrogen-bond donors (Lipinski definition) is 1. The molecule has 1 aromatic carbocycles. The first kappa shape index (κ1) is 14.2. The van der Waals surface area contributed by atoms with Crippen LogP contribution in [-0.2, 0) is 11.3 Å². The highest BCUT2D eigenvalue weighted by atomic mass is 16.5. The van der Waals surface area contributed by atoms with Crippen molar-refractivity contribution in [1.29, 1.82) is 0 Å². The van der Waals surface area contributed by atoms with Gasteiger partial charge in [-0.25, -0.2) is 0 Å². The number of benzene rings is 1. The number of hydrogen-bond acceptors (Lipinski definition) is 3. The molecule has 0 fully saturated rings. The molecular weight excluding hydrogens is 254 g/mol. The zero-order chi connectivity index (χ0) is 14.5. The molecule has 0 aliphatic rings. The summed E-state index contributed by atoms with van der Waals surface area (Å²) in [5.41, 5.74) is 2.20. The molecule has 1 atom stereocenters. The zero-order valence-corrected chi connectivity index (χ0v) is 12.0. The number of carbonyl (C=O) groups is 1. The number of furan rings is 1. The average Bonchev–Trinajstić information content (AvgIpc) is 2.94. The van der Waals surface area contributed by atoms with Crippen LogP contribution in [0.2, 0.25) is 0 Å². The molecule has 2 aromatic rings. The highest BCUT2D eigenvalue weighted by molar-refractivity contribution is 5.80. The van der Waals surface area contributed by atoms with Crippen LogP contribution in [0, 0.1) is 13.8 Å². The van der Waals surface area contributed by atoms with E-state index in [1.165, 1.54) is 0 Å². The van der Waals surface area contributed by atoms with E-state index in [-0.39, 0.29) is 5.91 Å². The van der Waals surface area contributed by atoms with Crippen molar-refractivity contribution in [1.82, 2.24) is 5.32 Å². The highest BCUT2D eigenvalue weighted by Gasteiger charge is 2.16. The van der Waals surface area contributed by atoms with E-state index in [0.717, 1.165) is 22.6 Å². The van der Waals surface area contributed by atoms with Gasteiger partial charge in [-0.15, -0.1) is 0 Å². The largest absolute Gasteiger partial charge is 0.481 e. The molecular formula is C16H19NO3. The summed E-state index contributed by atoms with van der Waals surface area (Å²) in [6.07, 6.45) is 1.03. The van der Waals surface area contributed by atoms with Gasteiger partial charge in [0.05, 0.1) is 12.8 Å². The van der Waals surface area contributed by atoms with Crippen LogP contribution in [0.15, 0.2) is 41.0 Å². The van der Waals surface area contributed by atoms with Crippen molar-refractivity contribution in [3.8, 4) is 5.75 Å². The van der Waals surface area contributed by atoms with E-state index in [0.29, 0.717) is 6.54 Å². The first-order chi connectivity index (χ1) is 9.58. The van der Waals surface area contributed by atoms with Gasteiger partial charge in [0, 0.05) is 0 Å². The lowest BCUT2D eigenvalue weighted by Crippen LogP contribution is -2.36. The summed E-state index contributed by atoms with van der Waals surface area (Å²) in [4.78, 5) is 12.0. The smallest absolute Gasteiger partial charge is 0.261 e. The standard InChI is InChI=1S/C16H19NO3/c1-11-6-4-8-15(12(11)2)20-13(3)16(18)17-10-14-7-5-9-19-14/h4-9,13H,10H2,1-3H3,(H,17,18)/t13-/m0/s1. The molecule has 20 heavy (non-hydrogen) atoms. The SMILES string of the molecule is Cc1cccc(O[C@@H](C)C(=O)NCc2ccco2)c1C. The van der Waals surface area contributed by atoms with Crippen molar-refractivity contribution < 1.29 is 13.9 Å². The fraction of sp³-hybridized carbons (Fsp3) is 0.312. The van der Waals surface area contributed by atoms with Gasteiger partial charge in [-0.3, -0.25) is 4.79 Å². The monoisotopic (exact) mass is 273 g/mol. The van der Waals surface area contributed by atoms with Gasteiger partial charge in [-0.2, -0.15) is 0 Å². The zero-order valence-electron chi connectivity index (χ0n) is 12.0. The van der Waals surface area contributed by atoms with E-state index in [1.807, 2.05) is 38.1 Å². The van der Waals surface area contributed by atoms with E-state index in [1.54, 1.807) is 19.3 Å². The summed E-state index contributed by atoms with van der Waals surface area (Å²) in [6.45, 7) is 6.10. The van der Waals surface area contributed by atoms with E-state index in [2.05, 4.69) is 5.32 Å². The van der Waals surface area contributed by atoms with Crippen LogP contribution >= 0.6 is 0 Å². The Bertz CT molecular complexity index is 575. The van der Waals surface area contributed by atoms with Crippen LogP contribution < -0.4 is 10.1 Å². The van der Waals surface area contributed by atoms with E-state index >= 15 is 0 Å². The molecule has 1 amide bonds. The maximum atomic E-state index is 12.0. The first-order valence-electron chi connectivity index (χ1n) is 6.61. The van der Waals surface area contributed by atoms with Crippen molar-refractivity contribution in [2.75, 3.05) is 0 Å². The predicted molar refractivity (Wildman–Crippen MR) is 76.6 cm³/mol.